The summed E-state index contributed by atoms with van der Waals surface area (Å²) < 4.78 is 6.21. The molecule has 0 amide bonds. The quantitative estimate of drug-likeness (QED) is 0.167. The molecule has 0 radical (unpaired) electrons. The first-order valence-corrected chi connectivity index (χ1v) is 13.3. The van der Waals surface area contributed by atoms with Crippen LogP contribution in [0.5, 0.6) is 0 Å². The maximum absolute atomic E-state index is 12.7. The number of carbonyl (C=O) groups is 1. The summed E-state index contributed by atoms with van der Waals surface area (Å²) >= 11 is 3.17. The highest BCUT2D eigenvalue weighted by atomic mass is 32.2. The van der Waals surface area contributed by atoms with Crippen molar-refractivity contribution < 1.29 is 9.53 Å². The highest BCUT2D eigenvalue weighted by molar-refractivity contribution is 8.03. The summed E-state index contributed by atoms with van der Waals surface area (Å²) in [4.78, 5) is 17.5. The fourth-order valence-electron chi connectivity index (χ4n) is 3.56. The predicted octanol–water partition coefficient (Wildman–Crippen LogP) is 6.38. The van der Waals surface area contributed by atoms with E-state index < -0.39 is 4.75 Å². The van der Waals surface area contributed by atoms with Crippen LogP contribution >= 0.6 is 23.1 Å². The van der Waals surface area contributed by atoms with Crippen molar-refractivity contribution in [2.75, 3.05) is 13.1 Å². The minimum absolute atomic E-state index is 0.101. The minimum Gasteiger partial charge on any atom is -0.461 e. The van der Waals surface area contributed by atoms with E-state index in [0.29, 0.717) is 0 Å². The highest BCUT2D eigenvalue weighted by Gasteiger charge is 2.34. The Morgan fingerprint density at radius 3 is 2.62 bits per heavy atom. The van der Waals surface area contributed by atoms with Crippen molar-refractivity contribution in [2.24, 2.45) is 0 Å². The third-order valence-corrected chi connectivity index (χ3v) is 7.62. The lowest BCUT2D eigenvalue weighted by Gasteiger charge is -2.24. The molecule has 0 bridgehead atoms. The van der Waals surface area contributed by atoms with Gasteiger partial charge in [-0.25, -0.2) is 4.98 Å². The van der Waals surface area contributed by atoms with Gasteiger partial charge in [-0.15, -0.1) is 11.3 Å². The van der Waals surface area contributed by atoms with Crippen molar-refractivity contribution in [3.63, 3.8) is 0 Å². The highest BCUT2D eigenvalue weighted by Crippen LogP contribution is 2.36. The van der Waals surface area contributed by atoms with Crippen LogP contribution in [0, 0.1) is 0 Å². The largest absolute Gasteiger partial charge is 0.461 e. The molecule has 4 nitrogen and oxygen atoms in total. The summed E-state index contributed by atoms with van der Waals surface area (Å²) in [5, 5.41) is 5.64. The van der Waals surface area contributed by atoms with E-state index >= 15 is 0 Å². The molecule has 0 spiro atoms. The molecule has 0 aliphatic heterocycles. The summed E-state index contributed by atoms with van der Waals surface area (Å²) in [6.45, 7) is 8.22. The smallest absolute Gasteiger partial charge is 0.322 e. The second-order valence-electron chi connectivity index (χ2n) is 8.65. The van der Waals surface area contributed by atoms with E-state index in [1.54, 1.807) is 11.3 Å². The lowest BCUT2D eigenvalue weighted by molar-refractivity contribution is -0.151. The van der Waals surface area contributed by atoms with Crippen LogP contribution in [-0.4, -0.2) is 34.9 Å². The van der Waals surface area contributed by atoms with Crippen molar-refractivity contribution in [3.05, 3.63) is 11.1 Å². The number of esters is 1. The number of hydrogen-bond acceptors (Lipinski definition) is 6. The van der Waals surface area contributed by atoms with Crippen molar-refractivity contribution in [1.82, 2.24) is 10.3 Å². The van der Waals surface area contributed by atoms with Crippen LogP contribution < -0.4 is 5.32 Å². The summed E-state index contributed by atoms with van der Waals surface area (Å²) in [5.74, 6) is -0.101. The van der Waals surface area contributed by atoms with Crippen molar-refractivity contribution in [1.29, 1.82) is 0 Å². The Morgan fingerprint density at radius 1 is 1.17 bits per heavy atom. The molecule has 1 N–H and O–H groups in total. The van der Waals surface area contributed by atoms with Crippen LogP contribution in [-0.2, 0) is 16.0 Å². The Labute approximate surface area is 186 Å². The molecule has 1 aliphatic carbocycles. The first-order valence-electron chi connectivity index (χ1n) is 11.6. The molecule has 0 atom stereocenters. The van der Waals surface area contributed by atoms with Gasteiger partial charge in [0.2, 0.25) is 0 Å². The molecule has 1 aliphatic rings. The molecule has 0 saturated heterocycles. The SMILES string of the molecule is CCCCCCCNCCc1csc(SC(C)(C)C(=O)OC2CCCCCC2)n1. The fraction of sp³-hybridized carbons (Fsp3) is 0.826. The van der Waals surface area contributed by atoms with Gasteiger partial charge in [-0.2, -0.15) is 0 Å². The van der Waals surface area contributed by atoms with Crippen LogP contribution in [0.25, 0.3) is 0 Å². The molecule has 166 valence electrons. The van der Waals surface area contributed by atoms with Gasteiger partial charge >= 0.3 is 5.97 Å². The van der Waals surface area contributed by atoms with Crippen LogP contribution in [0.2, 0.25) is 0 Å². The van der Waals surface area contributed by atoms with Gasteiger partial charge in [0.25, 0.3) is 0 Å². The zero-order chi connectivity index (χ0) is 21.0. The molecule has 1 saturated carbocycles. The van der Waals surface area contributed by atoms with Gasteiger partial charge in [0.15, 0.2) is 4.34 Å². The van der Waals surface area contributed by atoms with E-state index in [1.807, 2.05) is 13.8 Å². The standard InChI is InChI=1S/C23H40N2O2S2/c1-4-5-6-9-12-16-24-17-15-19-18-28-22(25-19)29-23(2,3)21(26)27-20-13-10-7-8-11-14-20/h18,20,24H,4-17H2,1-3H3. The Morgan fingerprint density at radius 2 is 1.90 bits per heavy atom. The number of nitrogens with one attached hydrogen (secondary N) is 1. The molecule has 2 rings (SSSR count). The summed E-state index contributed by atoms with van der Waals surface area (Å²) in [7, 11) is 0. The van der Waals surface area contributed by atoms with E-state index in [9.17, 15) is 4.79 Å². The Bertz CT molecular complexity index is 581. The number of carbonyl (C=O) groups excluding carboxylic acids is 1. The molecular weight excluding hydrogens is 400 g/mol. The third-order valence-electron chi connectivity index (χ3n) is 5.46. The first kappa shape index (κ1) is 24.7. The second-order valence-corrected chi connectivity index (χ2v) is 11.4. The molecule has 0 unspecified atom stereocenters. The molecule has 0 aromatic carbocycles. The van der Waals surface area contributed by atoms with Crippen molar-refractivity contribution in [2.45, 2.75) is 113 Å². The van der Waals surface area contributed by atoms with E-state index in [0.717, 1.165) is 42.4 Å². The van der Waals surface area contributed by atoms with Gasteiger partial charge < -0.3 is 10.1 Å². The maximum atomic E-state index is 12.7. The first-order chi connectivity index (χ1) is 14.0. The molecule has 6 heteroatoms. The molecule has 29 heavy (non-hydrogen) atoms. The van der Waals surface area contributed by atoms with E-state index in [1.165, 1.54) is 69.5 Å². The van der Waals surface area contributed by atoms with Crippen molar-refractivity contribution in [3.8, 4) is 0 Å². The topological polar surface area (TPSA) is 51.2 Å². The molecule has 1 aromatic heterocycles. The van der Waals surface area contributed by atoms with Gasteiger partial charge in [-0.3, -0.25) is 4.79 Å². The second kappa shape index (κ2) is 13.7. The number of ether oxygens (including phenoxy) is 1. The number of hydrogen-bond donors (Lipinski definition) is 1. The number of aromatic nitrogens is 1. The minimum atomic E-state index is -0.599. The van der Waals surface area contributed by atoms with Gasteiger partial charge in [0.1, 0.15) is 10.9 Å². The summed E-state index contributed by atoms with van der Waals surface area (Å²) in [6, 6.07) is 0. The zero-order valence-corrected chi connectivity index (χ0v) is 20.3. The Hall–Kier alpha value is -0.590. The monoisotopic (exact) mass is 440 g/mol. The predicted molar refractivity (Wildman–Crippen MR) is 125 cm³/mol. The van der Waals surface area contributed by atoms with E-state index in [-0.39, 0.29) is 12.1 Å². The number of thiazole rings is 1. The molecule has 1 aromatic rings. The van der Waals surface area contributed by atoms with Gasteiger partial charge in [-0.1, -0.05) is 57.2 Å². The van der Waals surface area contributed by atoms with Gasteiger partial charge in [0, 0.05) is 18.3 Å². The number of rotatable bonds is 13. The van der Waals surface area contributed by atoms with Gasteiger partial charge in [0.05, 0.1) is 5.69 Å². The molecule has 1 heterocycles. The average Bonchev–Trinajstić information content (AvgIpc) is 2.96. The normalized spacial score (nSPS) is 16.0. The fourth-order valence-corrected chi connectivity index (χ4v) is 5.83. The third kappa shape index (κ3) is 9.84. The number of thioether (sulfide) groups is 1. The molecule has 1 fully saturated rings. The Kier molecular flexibility index (Phi) is 11.6. The summed E-state index contributed by atoms with van der Waals surface area (Å²) in [5.41, 5.74) is 1.11. The van der Waals surface area contributed by atoms with Crippen LogP contribution in [0.15, 0.2) is 9.72 Å². The summed E-state index contributed by atoms with van der Waals surface area (Å²) in [6.07, 6.45) is 14.5. The van der Waals surface area contributed by atoms with Crippen molar-refractivity contribution >= 4 is 29.1 Å². The van der Waals surface area contributed by atoms with Gasteiger partial charge in [-0.05, 0) is 52.5 Å². The van der Waals surface area contributed by atoms with Crippen LogP contribution in [0.4, 0.5) is 0 Å². The zero-order valence-electron chi connectivity index (χ0n) is 18.6. The number of nitrogens with zero attached hydrogens (tertiary/aromatic N) is 1. The van der Waals surface area contributed by atoms with Crippen LogP contribution in [0.3, 0.4) is 0 Å². The van der Waals surface area contributed by atoms with E-state index in [4.69, 9.17) is 9.72 Å². The lowest BCUT2D eigenvalue weighted by Crippen LogP contribution is -2.33. The maximum Gasteiger partial charge on any atom is 0.322 e. The number of unbranched alkanes of at least 4 members (excludes halogenated alkanes) is 4. The molecular formula is C23H40N2O2S2. The van der Waals surface area contributed by atoms with E-state index in [2.05, 4.69) is 17.6 Å². The van der Waals surface area contributed by atoms with Crippen LogP contribution in [0.1, 0.15) is 97.1 Å². The Balaban J connectivity index is 1.68. The average molecular weight is 441 g/mol. The lowest BCUT2D eigenvalue weighted by atomic mass is 10.1.